The fourth-order valence-corrected chi connectivity index (χ4v) is 4.32. The van der Waals surface area contributed by atoms with Gasteiger partial charge in [-0.15, -0.1) is 0 Å². The third kappa shape index (κ3) is 3.61. The van der Waals surface area contributed by atoms with Crippen molar-refractivity contribution >= 4 is 15.9 Å². The minimum atomic E-state index is -3.52. The van der Waals surface area contributed by atoms with Gasteiger partial charge in [0, 0.05) is 19.6 Å². The summed E-state index contributed by atoms with van der Waals surface area (Å²) in [4.78, 5) is 11.8. The van der Waals surface area contributed by atoms with E-state index in [0.29, 0.717) is 31.6 Å². The van der Waals surface area contributed by atoms with Crippen molar-refractivity contribution in [3.05, 3.63) is 35.4 Å². The van der Waals surface area contributed by atoms with Crippen LogP contribution in [0.25, 0.3) is 0 Å². The van der Waals surface area contributed by atoms with Crippen LogP contribution in [-0.2, 0) is 27.1 Å². The van der Waals surface area contributed by atoms with E-state index in [4.69, 9.17) is 5.73 Å². The van der Waals surface area contributed by atoms with Crippen LogP contribution >= 0.6 is 0 Å². The van der Waals surface area contributed by atoms with Crippen LogP contribution in [0.5, 0.6) is 0 Å². The molecule has 1 aromatic rings. The number of nitrogens with zero attached hydrogens (tertiary/aromatic N) is 1. The summed E-state index contributed by atoms with van der Waals surface area (Å²) < 4.78 is 26.5. The smallest absolute Gasteiger partial charge is 0.238 e. The lowest BCUT2D eigenvalue weighted by Crippen LogP contribution is -2.56. The Labute approximate surface area is 125 Å². The molecule has 0 aromatic heterocycles. The molecule has 3 N–H and O–H groups in total. The highest BCUT2D eigenvalue weighted by atomic mass is 32.2. The van der Waals surface area contributed by atoms with Crippen LogP contribution in [0.1, 0.15) is 24.5 Å². The maximum absolute atomic E-state index is 12.6. The Morgan fingerprint density at radius 2 is 2.10 bits per heavy atom. The van der Waals surface area contributed by atoms with E-state index in [1.807, 2.05) is 13.0 Å². The zero-order valence-electron chi connectivity index (χ0n) is 12.1. The van der Waals surface area contributed by atoms with Crippen LogP contribution in [-0.4, -0.2) is 37.8 Å². The molecule has 1 heterocycles. The zero-order valence-corrected chi connectivity index (χ0v) is 12.9. The first kappa shape index (κ1) is 15.9. The molecule has 0 saturated carbocycles. The second-order valence-electron chi connectivity index (χ2n) is 5.11. The quantitative estimate of drug-likeness (QED) is 0.811. The number of hydrogen-bond donors (Lipinski definition) is 2. The summed E-state index contributed by atoms with van der Waals surface area (Å²) in [5, 5.41) is 2.71. The topological polar surface area (TPSA) is 92.5 Å². The molecule has 1 unspecified atom stereocenters. The van der Waals surface area contributed by atoms with Crippen molar-refractivity contribution in [3.63, 3.8) is 0 Å². The summed E-state index contributed by atoms with van der Waals surface area (Å²) in [6.45, 7) is 2.87. The van der Waals surface area contributed by atoms with Crippen molar-refractivity contribution in [1.29, 1.82) is 0 Å². The monoisotopic (exact) mass is 311 g/mol. The molecule has 1 aliphatic rings. The molecule has 1 atom stereocenters. The molecule has 116 valence electrons. The van der Waals surface area contributed by atoms with E-state index in [-0.39, 0.29) is 11.7 Å². The normalized spacial score (nSPS) is 20.3. The molecule has 1 amide bonds. The molecular weight excluding hydrogens is 290 g/mol. The van der Waals surface area contributed by atoms with Crippen molar-refractivity contribution in [2.75, 3.05) is 13.1 Å². The van der Waals surface area contributed by atoms with Crippen LogP contribution in [0, 0.1) is 0 Å². The molecule has 0 aliphatic carbocycles. The van der Waals surface area contributed by atoms with Crippen molar-refractivity contribution in [2.45, 2.75) is 31.7 Å². The standard InChI is InChI=1S/C14H21N3O3S/c1-2-13-14(18)16-6-7-17(13)21(19,20)10-12-5-3-4-11(8-12)9-15/h3-5,8,13H,2,6-7,9-10,15H2,1H3,(H,16,18). The second kappa shape index (κ2) is 6.55. The lowest BCUT2D eigenvalue weighted by molar-refractivity contribution is -0.126. The maximum atomic E-state index is 12.6. The Hall–Kier alpha value is -1.44. The lowest BCUT2D eigenvalue weighted by Gasteiger charge is -2.33. The molecule has 0 bridgehead atoms. The molecule has 6 nitrogen and oxygen atoms in total. The first-order valence-corrected chi connectivity index (χ1v) is 8.64. The molecule has 1 aliphatic heterocycles. The van der Waals surface area contributed by atoms with Crippen LogP contribution < -0.4 is 11.1 Å². The fraction of sp³-hybridized carbons (Fsp3) is 0.500. The highest BCUT2D eigenvalue weighted by Gasteiger charge is 2.36. The van der Waals surface area contributed by atoms with Gasteiger partial charge in [-0.1, -0.05) is 31.2 Å². The third-order valence-corrected chi connectivity index (χ3v) is 5.45. The summed E-state index contributed by atoms with van der Waals surface area (Å²) in [5.74, 6) is -0.326. The van der Waals surface area contributed by atoms with Gasteiger partial charge in [-0.2, -0.15) is 4.31 Å². The zero-order chi connectivity index (χ0) is 15.5. The second-order valence-corrected chi connectivity index (χ2v) is 7.03. The molecule has 2 rings (SSSR count). The van der Waals surface area contributed by atoms with Gasteiger partial charge in [-0.25, -0.2) is 8.42 Å². The van der Waals surface area contributed by atoms with E-state index in [9.17, 15) is 13.2 Å². The summed E-state index contributed by atoms with van der Waals surface area (Å²) >= 11 is 0. The van der Waals surface area contributed by atoms with Gasteiger partial charge in [0.15, 0.2) is 0 Å². The van der Waals surface area contributed by atoms with Crippen molar-refractivity contribution in [2.24, 2.45) is 5.73 Å². The molecule has 7 heteroatoms. The molecule has 1 fully saturated rings. The summed E-state index contributed by atoms with van der Waals surface area (Å²) in [6.07, 6.45) is 0.466. The number of carbonyl (C=O) groups excluding carboxylic acids is 1. The van der Waals surface area contributed by atoms with E-state index in [1.54, 1.807) is 18.2 Å². The minimum absolute atomic E-state index is 0.107. The van der Waals surface area contributed by atoms with Gasteiger partial charge in [0.1, 0.15) is 6.04 Å². The third-order valence-electron chi connectivity index (χ3n) is 3.60. The van der Waals surface area contributed by atoms with Gasteiger partial charge in [-0.05, 0) is 17.5 Å². The number of sulfonamides is 1. The van der Waals surface area contributed by atoms with Crippen molar-refractivity contribution in [3.8, 4) is 0 Å². The van der Waals surface area contributed by atoms with Crippen LogP contribution in [0.3, 0.4) is 0 Å². The number of rotatable bonds is 5. The number of amides is 1. The number of carbonyl (C=O) groups is 1. The van der Waals surface area contributed by atoms with Crippen LogP contribution in [0.2, 0.25) is 0 Å². The Morgan fingerprint density at radius 1 is 1.38 bits per heavy atom. The van der Waals surface area contributed by atoms with Crippen molar-refractivity contribution < 1.29 is 13.2 Å². The van der Waals surface area contributed by atoms with E-state index in [0.717, 1.165) is 5.56 Å². The number of hydrogen-bond acceptors (Lipinski definition) is 4. The Morgan fingerprint density at radius 3 is 2.76 bits per heavy atom. The predicted molar refractivity (Wildman–Crippen MR) is 80.8 cm³/mol. The first-order valence-electron chi connectivity index (χ1n) is 7.03. The van der Waals surface area contributed by atoms with Gasteiger partial charge in [-0.3, -0.25) is 4.79 Å². The van der Waals surface area contributed by atoms with Crippen LogP contribution in [0.15, 0.2) is 24.3 Å². The number of benzene rings is 1. The van der Waals surface area contributed by atoms with Gasteiger partial charge < -0.3 is 11.1 Å². The molecule has 1 saturated heterocycles. The SMILES string of the molecule is CCC1C(=O)NCCN1S(=O)(=O)Cc1cccc(CN)c1. The van der Waals surface area contributed by atoms with E-state index < -0.39 is 16.1 Å². The summed E-state index contributed by atoms with van der Waals surface area (Å²) in [7, 11) is -3.52. The fourth-order valence-electron chi connectivity index (χ4n) is 2.56. The lowest BCUT2D eigenvalue weighted by atomic mass is 10.1. The largest absolute Gasteiger partial charge is 0.353 e. The van der Waals surface area contributed by atoms with Crippen LogP contribution in [0.4, 0.5) is 0 Å². The minimum Gasteiger partial charge on any atom is -0.353 e. The molecule has 21 heavy (non-hydrogen) atoms. The van der Waals surface area contributed by atoms with Gasteiger partial charge in [0.2, 0.25) is 15.9 Å². The summed E-state index contributed by atoms with van der Waals surface area (Å²) in [5.41, 5.74) is 7.16. The van der Waals surface area contributed by atoms with Gasteiger partial charge in [0.05, 0.1) is 5.75 Å². The Balaban J connectivity index is 2.22. The Bertz CT molecular complexity index is 616. The highest BCUT2D eigenvalue weighted by Crippen LogP contribution is 2.18. The Kier molecular flexibility index (Phi) is 4.97. The molecule has 1 aromatic carbocycles. The number of nitrogens with two attached hydrogens (primary N) is 1. The predicted octanol–water partition coefficient (Wildman–Crippen LogP) is 0.186. The van der Waals surface area contributed by atoms with E-state index >= 15 is 0 Å². The maximum Gasteiger partial charge on any atom is 0.238 e. The summed E-state index contributed by atoms with van der Waals surface area (Å²) in [6, 6.07) is 6.61. The number of piperazine rings is 1. The first-order chi connectivity index (χ1) is 9.97. The average Bonchev–Trinajstić information content (AvgIpc) is 2.46. The average molecular weight is 311 g/mol. The van der Waals surface area contributed by atoms with E-state index in [2.05, 4.69) is 5.32 Å². The molecule has 0 radical (unpaired) electrons. The molecular formula is C14H21N3O3S. The van der Waals surface area contributed by atoms with Crippen molar-refractivity contribution in [1.82, 2.24) is 9.62 Å². The van der Waals surface area contributed by atoms with E-state index in [1.165, 1.54) is 4.31 Å². The van der Waals surface area contributed by atoms with Gasteiger partial charge in [0.25, 0.3) is 0 Å². The number of nitrogens with one attached hydrogen (secondary N) is 1. The highest BCUT2D eigenvalue weighted by molar-refractivity contribution is 7.88. The molecule has 0 spiro atoms. The van der Waals surface area contributed by atoms with Gasteiger partial charge >= 0.3 is 0 Å².